The molecule has 2 heterocycles. The van der Waals surface area contributed by atoms with Crippen molar-refractivity contribution >= 4 is 5.97 Å². The standard InChI is InChI=1S/C13H15N3O2/c1-8(14)6-12-10(13(17)18)7-11(16-12)9-2-4-15-5-3-9/h2-5,7-8,16H,6,14H2,1H3,(H,17,18). The van der Waals surface area contributed by atoms with Crippen molar-refractivity contribution in [3.05, 3.63) is 41.9 Å². The smallest absolute Gasteiger partial charge is 0.337 e. The van der Waals surface area contributed by atoms with Gasteiger partial charge < -0.3 is 15.8 Å². The number of aromatic amines is 1. The van der Waals surface area contributed by atoms with E-state index in [2.05, 4.69) is 9.97 Å². The first-order valence-electron chi connectivity index (χ1n) is 5.69. The summed E-state index contributed by atoms with van der Waals surface area (Å²) in [5, 5.41) is 9.17. The first-order valence-corrected chi connectivity index (χ1v) is 5.69. The van der Waals surface area contributed by atoms with Crippen LogP contribution < -0.4 is 5.73 Å². The minimum atomic E-state index is -0.942. The second-order valence-electron chi connectivity index (χ2n) is 4.30. The Morgan fingerprint density at radius 2 is 2.17 bits per heavy atom. The molecule has 2 aromatic rings. The summed E-state index contributed by atoms with van der Waals surface area (Å²) in [7, 11) is 0. The van der Waals surface area contributed by atoms with E-state index in [0.717, 1.165) is 11.3 Å². The van der Waals surface area contributed by atoms with Gasteiger partial charge >= 0.3 is 5.97 Å². The van der Waals surface area contributed by atoms with Gasteiger partial charge in [0.15, 0.2) is 0 Å². The Labute approximate surface area is 105 Å². The van der Waals surface area contributed by atoms with Gasteiger partial charge in [0.05, 0.1) is 5.56 Å². The highest BCUT2D eigenvalue weighted by atomic mass is 16.4. The molecule has 94 valence electrons. The normalized spacial score (nSPS) is 12.3. The van der Waals surface area contributed by atoms with E-state index in [1.165, 1.54) is 0 Å². The molecule has 0 aromatic carbocycles. The lowest BCUT2D eigenvalue weighted by Gasteiger charge is -2.04. The Balaban J connectivity index is 2.42. The molecule has 0 aliphatic rings. The fourth-order valence-corrected chi connectivity index (χ4v) is 1.86. The summed E-state index contributed by atoms with van der Waals surface area (Å²) in [4.78, 5) is 18.2. The number of rotatable bonds is 4. The zero-order chi connectivity index (χ0) is 13.1. The van der Waals surface area contributed by atoms with Crippen molar-refractivity contribution in [3.63, 3.8) is 0 Å². The summed E-state index contributed by atoms with van der Waals surface area (Å²) >= 11 is 0. The number of carboxylic acids is 1. The third-order valence-corrected chi connectivity index (χ3v) is 2.65. The molecule has 0 saturated heterocycles. The summed E-state index contributed by atoms with van der Waals surface area (Å²) in [5.41, 5.74) is 8.33. The lowest BCUT2D eigenvalue weighted by molar-refractivity contribution is 0.0696. The van der Waals surface area contributed by atoms with Crippen molar-refractivity contribution in [2.75, 3.05) is 0 Å². The third kappa shape index (κ3) is 2.57. The van der Waals surface area contributed by atoms with E-state index in [1.54, 1.807) is 18.5 Å². The molecule has 0 aliphatic carbocycles. The fraction of sp³-hybridized carbons (Fsp3) is 0.231. The number of pyridine rings is 1. The highest BCUT2D eigenvalue weighted by Crippen LogP contribution is 2.22. The van der Waals surface area contributed by atoms with Gasteiger partial charge in [0.2, 0.25) is 0 Å². The van der Waals surface area contributed by atoms with Crippen LogP contribution in [0.5, 0.6) is 0 Å². The van der Waals surface area contributed by atoms with Crippen LogP contribution >= 0.6 is 0 Å². The number of carbonyl (C=O) groups is 1. The molecule has 0 aliphatic heterocycles. The van der Waals surface area contributed by atoms with Crippen LogP contribution in [0.4, 0.5) is 0 Å². The van der Waals surface area contributed by atoms with Crippen LogP contribution in [0.1, 0.15) is 23.0 Å². The van der Waals surface area contributed by atoms with Gasteiger partial charge in [-0.25, -0.2) is 4.79 Å². The third-order valence-electron chi connectivity index (χ3n) is 2.65. The van der Waals surface area contributed by atoms with Gasteiger partial charge in [0.1, 0.15) is 0 Å². The van der Waals surface area contributed by atoms with E-state index in [4.69, 9.17) is 10.8 Å². The number of carboxylic acid groups (broad SMARTS) is 1. The minimum absolute atomic E-state index is 0.0907. The largest absolute Gasteiger partial charge is 0.478 e. The van der Waals surface area contributed by atoms with Crippen LogP contribution in [0.15, 0.2) is 30.6 Å². The van der Waals surface area contributed by atoms with E-state index < -0.39 is 5.97 Å². The molecule has 0 saturated carbocycles. The Kier molecular flexibility index (Phi) is 3.43. The summed E-state index contributed by atoms with van der Waals surface area (Å²) in [6, 6.07) is 5.20. The average molecular weight is 245 g/mol. The number of hydrogen-bond acceptors (Lipinski definition) is 3. The van der Waals surface area contributed by atoms with Crippen LogP contribution in [0, 0.1) is 0 Å². The quantitative estimate of drug-likeness (QED) is 0.763. The summed E-state index contributed by atoms with van der Waals surface area (Å²) in [6.45, 7) is 1.85. The number of nitrogens with two attached hydrogens (primary N) is 1. The molecule has 0 spiro atoms. The SMILES string of the molecule is CC(N)Cc1[nH]c(-c2ccncc2)cc1C(=O)O. The Bertz CT molecular complexity index is 547. The summed E-state index contributed by atoms with van der Waals surface area (Å²) < 4.78 is 0. The van der Waals surface area contributed by atoms with E-state index in [0.29, 0.717) is 12.1 Å². The molecule has 4 N–H and O–H groups in total. The van der Waals surface area contributed by atoms with Crippen molar-refractivity contribution in [1.29, 1.82) is 0 Å². The van der Waals surface area contributed by atoms with E-state index in [9.17, 15) is 4.79 Å². The zero-order valence-electron chi connectivity index (χ0n) is 10.1. The van der Waals surface area contributed by atoms with Crippen LogP contribution in [0.2, 0.25) is 0 Å². The molecule has 0 amide bonds. The molecule has 0 bridgehead atoms. The number of hydrogen-bond donors (Lipinski definition) is 3. The first kappa shape index (κ1) is 12.3. The zero-order valence-corrected chi connectivity index (χ0v) is 10.1. The van der Waals surface area contributed by atoms with Crippen molar-refractivity contribution in [2.45, 2.75) is 19.4 Å². The number of aromatic carboxylic acids is 1. The van der Waals surface area contributed by atoms with Crippen molar-refractivity contribution in [1.82, 2.24) is 9.97 Å². The van der Waals surface area contributed by atoms with E-state index >= 15 is 0 Å². The number of H-pyrrole nitrogens is 1. The first-order chi connectivity index (χ1) is 8.58. The highest BCUT2D eigenvalue weighted by Gasteiger charge is 2.16. The number of nitrogens with one attached hydrogen (secondary N) is 1. The summed E-state index contributed by atoms with van der Waals surface area (Å²) in [5.74, 6) is -0.942. The molecular weight excluding hydrogens is 230 g/mol. The monoisotopic (exact) mass is 245 g/mol. The van der Waals surface area contributed by atoms with Crippen molar-refractivity contribution < 1.29 is 9.90 Å². The van der Waals surface area contributed by atoms with Crippen LogP contribution in [0.25, 0.3) is 11.3 Å². The Morgan fingerprint density at radius 3 is 2.72 bits per heavy atom. The maximum absolute atomic E-state index is 11.2. The number of aromatic nitrogens is 2. The lowest BCUT2D eigenvalue weighted by Crippen LogP contribution is -2.19. The predicted molar refractivity (Wildman–Crippen MR) is 68.3 cm³/mol. The van der Waals surface area contributed by atoms with Crippen LogP contribution in [-0.2, 0) is 6.42 Å². The molecule has 0 radical (unpaired) electrons. The Hall–Kier alpha value is -2.14. The van der Waals surface area contributed by atoms with Crippen molar-refractivity contribution in [2.24, 2.45) is 5.73 Å². The highest BCUT2D eigenvalue weighted by molar-refractivity contribution is 5.91. The molecule has 0 fully saturated rings. The van der Waals surface area contributed by atoms with Crippen LogP contribution in [-0.4, -0.2) is 27.1 Å². The van der Waals surface area contributed by atoms with Gasteiger partial charge in [-0.05, 0) is 25.1 Å². The Morgan fingerprint density at radius 1 is 1.50 bits per heavy atom. The van der Waals surface area contributed by atoms with E-state index in [1.807, 2.05) is 19.1 Å². The molecular formula is C13H15N3O2. The average Bonchev–Trinajstić information content (AvgIpc) is 2.73. The van der Waals surface area contributed by atoms with Gasteiger partial charge in [-0.3, -0.25) is 4.98 Å². The predicted octanol–water partition coefficient (Wildman–Crippen LogP) is 1.66. The topological polar surface area (TPSA) is 92.0 Å². The second-order valence-corrected chi connectivity index (χ2v) is 4.30. The van der Waals surface area contributed by atoms with Gasteiger partial charge in [-0.1, -0.05) is 0 Å². The molecule has 2 aromatic heterocycles. The maximum atomic E-state index is 11.2. The minimum Gasteiger partial charge on any atom is -0.478 e. The van der Waals surface area contributed by atoms with Gasteiger partial charge in [0.25, 0.3) is 0 Å². The second kappa shape index (κ2) is 5.01. The van der Waals surface area contributed by atoms with Gasteiger partial charge in [0, 0.05) is 41.8 Å². The van der Waals surface area contributed by atoms with Gasteiger partial charge in [-0.15, -0.1) is 0 Å². The van der Waals surface area contributed by atoms with Crippen molar-refractivity contribution in [3.8, 4) is 11.3 Å². The fourth-order valence-electron chi connectivity index (χ4n) is 1.86. The van der Waals surface area contributed by atoms with Gasteiger partial charge in [-0.2, -0.15) is 0 Å². The van der Waals surface area contributed by atoms with E-state index in [-0.39, 0.29) is 11.6 Å². The molecule has 1 atom stereocenters. The molecule has 18 heavy (non-hydrogen) atoms. The van der Waals surface area contributed by atoms with Crippen LogP contribution in [0.3, 0.4) is 0 Å². The maximum Gasteiger partial charge on any atom is 0.337 e. The lowest BCUT2D eigenvalue weighted by atomic mass is 10.1. The number of nitrogens with zero attached hydrogens (tertiary/aromatic N) is 1. The molecule has 5 nitrogen and oxygen atoms in total. The summed E-state index contributed by atoms with van der Waals surface area (Å²) in [6.07, 6.45) is 3.84. The molecule has 5 heteroatoms. The molecule has 1 unspecified atom stereocenters. The molecule has 2 rings (SSSR count).